The highest BCUT2D eigenvalue weighted by atomic mass is 35.5. The Hall–Kier alpha value is -3.03. The van der Waals surface area contributed by atoms with Gasteiger partial charge >= 0.3 is 5.97 Å². The molecule has 2 aliphatic heterocycles. The summed E-state index contributed by atoms with van der Waals surface area (Å²) < 4.78 is 6.48. The van der Waals surface area contributed by atoms with Gasteiger partial charge in [0.05, 0.1) is 18.2 Å². The zero-order valence-corrected chi connectivity index (χ0v) is 23.4. The van der Waals surface area contributed by atoms with Crippen LogP contribution in [0.3, 0.4) is 0 Å². The minimum atomic E-state index is -2.39. The smallest absolute Gasteiger partial charge is 0.341 e. The molecule has 2 N–H and O–H groups in total. The molecule has 1 aliphatic carbocycles. The number of aryl methyl sites for hydroxylation is 1. The normalized spacial score (nSPS) is 28.5. The van der Waals surface area contributed by atoms with Gasteiger partial charge in [-0.15, -0.1) is 0 Å². The van der Waals surface area contributed by atoms with E-state index in [4.69, 9.17) is 16.3 Å². The molecule has 0 aromatic heterocycles. The Bertz CT molecular complexity index is 1300. The Morgan fingerprint density at radius 1 is 1.13 bits per heavy atom. The molecule has 1 amide bonds. The minimum Gasteiger partial charge on any atom is -0.490 e. The highest BCUT2D eigenvalue weighted by Gasteiger charge is 2.49. The van der Waals surface area contributed by atoms with Crippen molar-refractivity contribution in [3.05, 3.63) is 70.3 Å². The molecule has 8 heteroatoms. The maximum absolute atomic E-state index is 13.2. The molecule has 0 radical (unpaired) electrons. The number of rotatable bonds is 1. The third kappa shape index (κ3) is 5.03. The van der Waals surface area contributed by atoms with Gasteiger partial charge in [-0.1, -0.05) is 35.9 Å². The molecule has 2 aromatic rings. The van der Waals surface area contributed by atoms with E-state index in [1.54, 1.807) is 25.2 Å². The maximum Gasteiger partial charge on any atom is 0.341 e. The third-order valence-corrected chi connectivity index (χ3v) is 9.01. The first-order chi connectivity index (χ1) is 18.7. The molecule has 1 spiro atoms. The molecule has 0 saturated carbocycles. The van der Waals surface area contributed by atoms with Gasteiger partial charge in [0.1, 0.15) is 5.75 Å². The first kappa shape index (κ1) is 27.5. The molecule has 5 rings (SSSR count). The summed E-state index contributed by atoms with van der Waals surface area (Å²) in [6.07, 6.45) is 9.79. The Labute approximate surface area is 235 Å². The summed E-state index contributed by atoms with van der Waals surface area (Å²) in [7, 11) is 1.63. The number of aliphatic hydroxyl groups is 1. The number of carbonyl (C=O) groups is 2. The van der Waals surface area contributed by atoms with Gasteiger partial charge in [0.25, 0.3) is 0 Å². The van der Waals surface area contributed by atoms with Gasteiger partial charge in [0.15, 0.2) is 5.60 Å². The number of carbonyl (C=O) groups excluding carboxylic acids is 1. The predicted octanol–water partition coefficient (Wildman–Crippen LogP) is 4.92. The van der Waals surface area contributed by atoms with Crippen LogP contribution in [0.25, 0.3) is 0 Å². The lowest BCUT2D eigenvalue weighted by Crippen LogP contribution is -2.49. The molecule has 3 atom stereocenters. The topological polar surface area (TPSA) is 90.3 Å². The quantitative estimate of drug-likeness (QED) is 0.488. The fourth-order valence-electron chi connectivity index (χ4n) is 6.46. The standard InChI is InChI=1S/C31H37ClN2O5/c1-21-28(35)33(2)15-6-4-3-5-7-16-34-19-30(14-8-9-22-17-24(32)11-12-25(22)30)20-39-27-13-10-23(18-26(27)34)31(21,38)29(36)37/h4,6,10-13,17-18,21,38H,3,5,7-9,14-16,19-20H2,1-2H3,(H,36,37)/b6-4-/t21-,30+,31-/m1/s1. The second-order valence-electron chi connectivity index (χ2n) is 11.3. The van der Waals surface area contributed by atoms with Crippen molar-refractivity contribution in [1.29, 1.82) is 0 Å². The summed E-state index contributed by atoms with van der Waals surface area (Å²) in [5.41, 5.74) is 0.805. The number of nitrogens with zero attached hydrogens (tertiary/aromatic N) is 2. The molecule has 7 nitrogen and oxygen atoms in total. The van der Waals surface area contributed by atoms with Gasteiger partial charge in [0.2, 0.25) is 5.91 Å². The lowest BCUT2D eigenvalue weighted by molar-refractivity contribution is -0.172. The second kappa shape index (κ2) is 10.9. The lowest BCUT2D eigenvalue weighted by atomic mass is 9.70. The number of carboxylic acids is 1. The Morgan fingerprint density at radius 3 is 2.74 bits per heavy atom. The number of likely N-dealkylation sites (N-methyl/N-ethyl adjacent to an activating group) is 1. The van der Waals surface area contributed by atoms with Crippen LogP contribution in [0.15, 0.2) is 48.6 Å². The molecule has 0 unspecified atom stereocenters. The Balaban J connectivity index is 1.61. The zero-order chi connectivity index (χ0) is 27.8. The van der Waals surface area contributed by atoms with E-state index in [1.807, 2.05) is 12.1 Å². The monoisotopic (exact) mass is 552 g/mol. The molecule has 208 valence electrons. The predicted molar refractivity (Wildman–Crippen MR) is 152 cm³/mol. The van der Waals surface area contributed by atoms with Crippen molar-refractivity contribution in [2.75, 3.05) is 38.2 Å². The van der Waals surface area contributed by atoms with Crippen LogP contribution in [-0.2, 0) is 27.0 Å². The van der Waals surface area contributed by atoms with Crippen molar-refractivity contribution in [2.45, 2.75) is 56.5 Å². The van der Waals surface area contributed by atoms with Crippen molar-refractivity contribution in [2.24, 2.45) is 5.92 Å². The molecular weight excluding hydrogens is 516 g/mol. The van der Waals surface area contributed by atoms with E-state index in [0.717, 1.165) is 55.8 Å². The summed E-state index contributed by atoms with van der Waals surface area (Å²) in [6.45, 7) is 3.80. The average Bonchev–Trinajstić information content (AvgIpc) is 3.07. The van der Waals surface area contributed by atoms with Crippen molar-refractivity contribution >= 4 is 29.2 Å². The molecular formula is C31H37ClN2O5. The van der Waals surface area contributed by atoms with Crippen molar-refractivity contribution in [3.63, 3.8) is 0 Å². The number of halogens is 1. The number of fused-ring (bicyclic) bond motifs is 3. The number of benzene rings is 2. The first-order valence-corrected chi connectivity index (χ1v) is 14.2. The average molecular weight is 553 g/mol. The van der Waals surface area contributed by atoms with E-state index >= 15 is 0 Å². The molecule has 0 fully saturated rings. The van der Waals surface area contributed by atoms with Crippen LogP contribution in [0.1, 0.15) is 55.7 Å². The van der Waals surface area contributed by atoms with E-state index in [2.05, 4.69) is 23.1 Å². The van der Waals surface area contributed by atoms with Gasteiger partial charge < -0.3 is 24.7 Å². The Kier molecular flexibility index (Phi) is 7.66. The third-order valence-electron chi connectivity index (χ3n) is 8.77. The fraction of sp³-hybridized carbons (Fsp3) is 0.484. The van der Waals surface area contributed by atoms with Crippen LogP contribution in [0.5, 0.6) is 5.75 Å². The van der Waals surface area contributed by atoms with Crippen LogP contribution in [0.4, 0.5) is 5.69 Å². The molecule has 3 aliphatic rings. The van der Waals surface area contributed by atoms with E-state index in [0.29, 0.717) is 25.4 Å². The number of amides is 1. The summed E-state index contributed by atoms with van der Waals surface area (Å²) in [5, 5.41) is 22.6. The molecule has 2 bridgehead atoms. The highest BCUT2D eigenvalue weighted by Crippen LogP contribution is 2.46. The first-order valence-electron chi connectivity index (χ1n) is 13.8. The summed E-state index contributed by atoms with van der Waals surface area (Å²) in [6, 6.07) is 11.2. The minimum absolute atomic E-state index is 0.175. The van der Waals surface area contributed by atoms with E-state index in [-0.39, 0.29) is 11.0 Å². The van der Waals surface area contributed by atoms with Gasteiger partial charge in [0, 0.05) is 37.1 Å². The zero-order valence-electron chi connectivity index (χ0n) is 22.7. The van der Waals surface area contributed by atoms with Crippen LogP contribution >= 0.6 is 11.6 Å². The van der Waals surface area contributed by atoms with E-state index in [9.17, 15) is 19.8 Å². The lowest BCUT2D eigenvalue weighted by Gasteiger charge is -2.41. The van der Waals surface area contributed by atoms with Gasteiger partial charge in [-0.3, -0.25) is 4.79 Å². The number of anilines is 1. The van der Waals surface area contributed by atoms with Crippen LogP contribution < -0.4 is 9.64 Å². The summed E-state index contributed by atoms with van der Waals surface area (Å²) >= 11 is 6.35. The molecule has 39 heavy (non-hydrogen) atoms. The number of carboxylic acid groups (broad SMARTS) is 1. The highest BCUT2D eigenvalue weighted by molar-refractivity contribution is 6.30. The largest absolute Gasteiger partial charge is 0.490 e. The van der Waals surface area contributed by atoms with Crippen LogP contribution in [0.2, 0.25) is 5.02 Å². The molecule has 0 saturated heterocycles. The van der Waals surface area contributed by atoms with Crippen LogP contribution in [-0.4, -0.2) is 60.3 Å². The van der Waals surface area contributed by atoms with Gasteiger partial charge in [-0.2, -0.15) is 0 Å². The number of aliphatic carboxylic acids is 1. The number of allylic oxidation sites excluding steroid dienone is 1. The second-order valence-corrected chi connectivity index (χ2v) is 11.7. The number of hydrogen-bond acceptors (Lipinski definition) is 5. The fourth-order valence-corrected chi connectivity index (χ4v) is 6.66. The molecule has 2 heterocycles. The summed E-state index contributed by atoms with van der Waals surface area (Å²) in [4.78, 5) is 29.5. The molecule has 2 aromatic carbocycles. The maximum atomic E-state index is 13.2. The SMILES string of the molecule is C[C@@H]1C(=O)N(C)C/C=C\CCCCN2C[C@@]3(CCCc4cc(Cl)ccc43)COc3ccc(cc32)[C@@]1(O)C(=O)O. The van der Waals surface area contributed by atoms with Crippen molar-refractivity contribution < 1.29 is 24.5 Å². The Morgan fingerprint density at radius 2 is 1.95 bits per heavy atom. The summed E-state index contributed by atoms with van der Waals surface area (Å²) in [5.74, 6) is -2.42. The van der Waals surface area contributed by atoms with Crippen molar-refractivity contribution in [1.82, 2.24) is 4.90 Å². The van der Waals surface area contributed by atoms with Crippen molar-refractivity contribution in [3.8, 4) is 5.75 Å². The van der Waals surface area contributed by atoms with Gasteiger partial charge in [-0.25, -0.2) is 4.79 Å². The van der Waals surface area contributed by atoms with Gasteiger partial charge in [-0.05, 0) is 86.4 Å². The van der Waals surface area contributed by atoms with E-state index in [1.165, 1.54) is 23.0 Å². The van der Waals surface area contributed by atoms with Crippen LogP contribution in [0, 0.1) is 5.92 Å². The van der Waals surface area contributed by atoms with E-state index < -0.39 is 23.4 Å². The number of hydrogen-bond donors (Lipinski definition) is 2. The number of ether oxygens (including phenoxy) is 1.